The topological polar surface area (TPSA) is 62.2 Å². The van der Waals surface area contributed by atoms with Gasteiger partial charge in [-0.1, -0.05) is 0 Å². The zero-order valence-electron chi connectivity index (χ0n) is 8.14. The standard InChI is InChI=1S/C9H18N2O2/c1-9(10)3-4-11-5-8-13-7-2-6-12/h6,10-11H,2-5,7-8H2,1H3. The molecule has 4 heteroatoms. The zero-order chi connectivity index (χ0) is 9.94. The van der Waals surface area contributed by atoms with Gasteiger partial charge < -0.3 is 20.3 Å². The highest BCUT2D eigenvalue weighted by Crippen LogP contribution is 1.80. The van der Waals surface area contributed by atoms with Gasteiger partial charge in [0, 0.05) is 25.2 Å². The molecule has 4 nitrogen and oxygen atoms in total. The summed E-state index contributed by atoms with van der Waals surface area (Å²) >= 11 is 0. The lowest BCUT2D eigenvalue weighted by atomic mass is 10.3. The van der Waals surface area contributed by atoms with Gasteiger partial charge in [-0.3, -0.25) is 0 Å². The quantitative estimate of drug-likeness (QED) is 0.315. The molecule has 0 radical (unpaired) electrons. The molecule has 0 rings (SSSR count). The van der Waals surface area contributed by atoms with Crippen LogP contribution in [-0.2, 0) is 9.53 Å². The Labute approximate surface area is 79.2 Å². The second-order valence-corrected chi connectivity index (χ2v) is 2.85. The minimum Gasteiger partial charge on any atom is -0.380 e. The molecule has 0 aliphatic rings. The Bertz CT molecular complexity index is 149. The van der Waals surface area contributed by atoms with E-state index in [1.165, 1.54) is 0 Å². The average Bonchev–Trinajstić information content (AvgIpc) is 2.09. The predicted molar refractivity (Wildman–Crippen MR) is 52.4 cm³/mol. The van der Waals surface area contributed by atoms with Crippen LogP contribution < -0.4 is 5.32 Å². The van der Waals surface area contributed by atoms with Crippen molar-refractivity contribution in [2.24, 2.45) is 0 Å². The van der Waals surface area contributed by atoms with Crippen LogP contribution in [0.2, 0.25) is 0 Å². The molecule has 0 aromatic rings. The van der Waals surface area contributed by atoms with Crippen LogP contribution in [0.3, 0.4) is 0 Å². The Hall–Kier alpha value is -0.740. The lowest BCUT2D eigenvalue weighted by Crippen LogP contribution is -2.22. The van der Waals surface area contributed by atoms with Crippen LogP contribution in [0.5, 0.6) is 0 Å². The van der Waals surface area contributed by atoms with Gasteiger partial charge in [-0.25, -0.2) is 0 Å². The number of ether oxygens (including phenoxy) is 1. The van der Waals surface area contributed by atoms with Crippen LogP contribution in [0.4, 0.5) is 0 Å². The van der Waals surface area contributed by atoms with Gasteiger partial charge in [-0.2, -0.15) is 0 Å². The second kappa shape index (κ2) is 9.35. The van der Waals surface area contributed by atoms with Crippen molar-refractivity contribution in [3.8, 4) is 0 Å². The Morgan fingerprint density at radius 3 is 2.85 bits per heavy atom. The summed E-state index contributed by atoms with van der Waals surface area (Å²) in [5.41, 5.74) is 0.689. The van der Waals surface area contributed by atoms with E-state index >= 15 is 0 Å². The first-order valence-corrected chi connectivity index (χ1v) is 4.53. The monoisotopic (exact) mass is 186 g/mol. The number of carbonyl (C=O) groups is 1. The van der Waals surface area contributed by atoms with E-state index in [-0.39, 0.29) is 0 Å². The van der Waals surface area contributed by atoms with Crippen LogP contribution >= 0.6 is 0 Å². The fourth-order valence-corrected chi connectivity index (χ4v) is 0.779. The molecule has 0 aromatic heterocycles. The first-order valence-electron chi connectivity index (χ1n) is 4.53. The highest BCUT2D eigenvalue weighted by Gasteiger charge is 1.90. The third kappa shape index (κ3) is 11.3. The Morgan fingerprint density at radius 2 is 2.23 bits per heavy atom. The molecule has 0 saturated carbocycles. The van der Waals surface area contributed by atoms with Crippen LogP contribution in [-0.4, -0.2) is 38.3 Å². The molecule has 0 unspecified atom stereocenters. The third-order valence-electron chi connectivity index (χ3n) is 1.48. The predicted octanol–water partition coefficient (Wildman–Crippen LogP) is 0.611. The smallest absolute Gasteiger partial charge is 0.122 e. The Kier molecular flexibility index (Phi) is 8.82. The highest BCUT2D eigenvalue weighted by molar-refractivity contribution is 5.78. The number of carbonyl (C=O) groups excluding carboxylic acids is 1. The van der Waals surface area contributed by atoms with E-state index in [2.05, 4.69) is 5.32 Å². The van der Waals surface area contributed by atoms with E-state index in [1.54, 1.807) is 6.92 Å². The maximum atomic E-state index is 9.90. The summed E-state index contributed by atoms with van der Waals surface area (Å²) in [7, 11) is 0. The molecule has 2 N–H and O–H groups in total. The average molecular weight is 186 g/mol. The Balaban J connectivity index is 2.91. The summed E-state index contributed by atoms with van der Waals surface area (Å²) < 4.78 is 5.13. The van der Waals surface area contributed by atoms with Crippen molar-refractivity contribution in [3.05, 3.63) is 0 Å². The van der Waals surface area contributed by atoms with E-state index in [1.807, 2.05) is 0 Å². The first-order chi connectivity index (χ1) is 6.27. The molecule has 13 heavy (non-hydrogen) atoms. The molecule has 0 bridgehead atoms. The van der Waals surface area contributed by atoms with Gasteiger partial charge in [0.1, 0.15) is 6.29 Å². The zero-order valence-corrected chi connectivity index (χ0v) is 8.14. The van der Waals surface area contributed by atoms with Gasteiger partial charge in [0.15, 0.2) is 0 Å². The lowest BCUT2D eigenvalue weighted by molar-refractivity contribution is -0.108. The summed E-state index contributed by atoms with van der Waals surface area (Å²) in [5, 5.41) is 10.3. The molecule has 76 valence electrons. The second-order valence-electron chi connectivity index (χ2n) is 2.85. The summed E-state index contributed by atoms with van der Waals surface area (Å²) in [5.74, 6) is 0. The van der Waals surface area contributed by atoms with Gasteiger partial charge in [-0.05, 0) is 13.3 Å². The van der Waals surface area contributed by atoms with Crippen molar-refractivity contribution < 1.29 is 9.53 Å². The number of hydrogen-bond donors (Lipinski definition) is 2. The van der Waals surface area contributed by atoms with E-state index in [4.69, 9.17) is 10.1 Å². The maximum Gasteiger partial charge on any atom is 0.122 e. The van der Waals surface area contributed by atoms with E-state index in [0.29, 0.717) is 25.3 Å². The number of hydrogen-bond acceptors (Lipinski definition) is 4. The van der Waals surface area contributed by atoms with Gasteiger partial charge in [-0.15, -0.1) is 0 Å². The normalized spacial score (nSPS) is 9.92. The molecular weight excluding hydrogens is 168 g/mol. The number of aldehydes is 1. The van der Waals surface area contributed by atoms with Crippen molar-refractivity contribution >= 4 is 12.0 Å². The minimum atomic E-state index is 0.472. The summed E-state index contributed by atoms with van der Waals surface area (Å²) in [6.45, 7) is 4.54. The molecule has 0 spiro atoms. The summed E-state index contributed by atoms with van der Waals surface area (Å²) in [4.78, 5) is 9.90. The fourth-order valence-electron chi connectivity index (χ4n) is 0.779. The molecule has 0 atom stereocenters. The molecule has 0 aliphatic carbocycles. The van der Waals surface area contributed by atoms with Gasteiger partial charge in [0.2, 0.25) is 0 Å². The lowest BCUT2D eigenvalue weighted by Gasteiger charge is -2.03. The molecule has 0 amide bonds. The van der Waals surface area contributed by atoms with Crippen LogP contribution in [0.1, 0.15) is 19.8 Å². The maximum absolute atomic E-state index is 9.90. The van der Waals surface area contributed by atoms with Crippen LogP contribution in [0, 0.1) is 5.41 Å². The van der Waals surface area contributed by atoms with Crippen molar-refractivity contribution in [2.45, 2.75) is 19.8 Å². The molecule has 0 saturated heterocycles. The van der Waals surface area contributed by atoms with Crippen molar-refractivity contribution in [1.82, 2.24) is 5.32 Å². The van der Waals surface area contributed by atoms with Gasteiger partial charge in [0.05, 0.1) is 13.2 Å². The summed E-state index contributed by atoms with van der Waals surface area (Å²) in [6, 6.07) is 0. The molecule has 0 fully saturated rings. The molecular formula is C9H18N2O2. The number of rotatable bonds is 9. The first kappa shape index (κ1) is 12.3. The third-order valence-corrected chi connectivity index (χ3v) is 1.48. The van der Waals surface area contributed by atoms with Crippen molar-refractivity contribution in [3.63, 3.8) is 0 Å². The Morgan fingerprint density at radius 1 is 1.46 bits per heavy atom. The van der Waals surface area contributed by atoms with E-state index < -0.39 is 0 Å². The molecule has 0 aliphatic heterocycles. The van der Waals surface area contributed by atoms with Crippen molar-refractivity contribution in [1.29, 1.82) is 5.41 Å². The largest absolute Gasteiger partial charge is 0.380 e. The minimum absolute atomic E-state index is 0.472. The van der Waals surface area contributed by atoms with Crippen LogP contribution in [0.25, 0.3) is 0 Å². The SMILES string of the molecule is CC(=N)CCNCCOCCC=O. The van der Waals surface area contributed by atoms with Crippen LogP contribution in [0.15, 0.2) is 0 Å². The summed E-state index contributed by atoms with van der Waals surface area (Å²) in [6.07, 6.45) is 2.11. The number of nitrogens with one attached hydrogen (secondary N) is 2. The fraction of sp³-hybridized carbons (Fsp3) is 0.778. The van der Waals surface area contributed by atoms with Crippen molar-refractivity contribution in [2.75, 3.05) is 26.3 Å². The highest BCUT2D eigenvalue weighted by atomic mass is 16.5. The van der Waals surface area contributed by atoms with E-state index in [0.717, 1.165) is 25.8 Å². The molecule has 0 aromatic carbocycles. The van der Waals surface area contributed by atoms with Gasteiger partial charge >= 0.3 is 0 Å². The van der Waals surface area contributed by atoms with E-state index in [9.17, 15) is 4.79 Å². The van der Waals surface area contributed by atoms with Gasteiger partial charge in [0.25, 0.3) is 0 Å². The molecule has 0 heterocycles.